The fourth-order valence-electron chi connectivity index (χ4n) is 2.81. The summed E-state index contributed by atoms with van der Waals surface area (Å²) in [6.07, 6.45) is 0. The van der Waals surface area contributed by atoms with Crippen LogP contribution in [-0.2, 0) is 0 Å². The molecule has 1 N–H and O–H groups in total. The quantitative estimate of drug-likeness (QED) is 0.752. The minimum Gasteiger partial charge on any atom is -0.508 e. The summed E-state index contributed by atoms with van der Waals surface area (Å²) in [7, 11) is 1.60. The van der Waals surface area contributed by atoms with E-state index in [1.807, 2.05) is 24.3 Å². The average Bonchev–Trinajstić information content (AvgIpc) is 2.53. The average molecular weight is 278 g/mol. The van der Waals surface area contributed by atoms with Crippen LogP contribution >= 0.6 is 0 Å². The summed E-state index contributed by atoms with van der Waals surface area (Å²) in [6.45, 7) is 2.11. The Morgan fingerprint density at radius 2 is 1.67 bits per heavy atom. The fourth-order valence-corrected chi connectivity index (χ4v) is 2.81. The van der Waals surface area contributed by atoms with Crippen LogP contribution in [0.15, 0.2) is 60.7 Å². The molecule has 0 spiro atoms. The number of hydrogen-bond donors (Lipinski definition) is 1. The SMILES string of the molecule is COc1ccc([C@H](C)c2cccc3ccccc23)c(O)c1. The molecule has 3 aromatic rings. The van der Waals surface area contributed by atoms with Gasteiger partial charge in [-0.05, 0) is 22.4 Å². The minimum atomic E-state index is 0.113. The second-order valence-corrected chi connectivity index (χ2v) is 5.21. The first-order valence-electron chi connectivity index (χ1n) is 7.05. The third kappa shape index (κ3) is 2.45. The van der Waals surface area contributed by atoms with Crippen molar-refractivity contribution in [3.05, 3.63) is 71.8 Å². The number of ether oxygens (including phenoxy) is 1. The Morgan fingerprint density at radius 3 is 2.43 bits per heavy atom. The molecule has 0 aliphatic heterocycles. The zero-order valence-corrected chi connectivity index (χ0v) is 12.2. The van der Waals surface area contributed by atoms with Gasteiger partial charge in [0, 0.05) is 17.5 Å². The lowest BCUT2D eigenvalue weighted by molar-refractivity contribution is 0.406. The highest BCUT2D eigenvalue weighted by Gasteiger charge is 2.15. The highest BCUT2D eigenvalue weighted by atomic mass is 16.5. The molecular weight excluding hydrogens is 260 g/mol. The van der Waals surface area contributed by atoms with Gasteiger partial charge in [0.25, 0.3) is 0 Å². The van der Waals surface area contributed by atoms with E-state index in [4.69, 9.17) is 4.74 Å². The summed E-state index contributed by atoms with van der Waals surface area (Å²) in [5, 5.41) is 12.7. The molecule has 3 rings (SSSR count). The van der Waals surface area contributed by atoms with Crippen LogP contribution < -0.4 is 4.74 Å². The molecule has 0 fully saturated rings. The van der Waals surface area contributed by atoms with Gasteiger partial charge in [0.05, 0.1) is 7.11 Å². The molecule has 0 heterocycles. The Morgan fingerprint density at radius 1 is 0.905 bits per heavy atom. The first-order chi connectivity index (χ1) is 10.2. The number of fused-ring (bicyclic) bond motifs is 1. The van der Waals surface area contributed by atoms with Crippen molar-refractivity contribution in [2.24, 2.45) is 0 Å². The van der Waals surface area contributed by atoms with Gasteiger partial charge < -0.3 is 9.84 Å². The zero-order chi connectivity index (χ0) is 14.8. The van der Waals surface area contributed by atoms with Gasteiger partial charge in [-0.25, -0.2) is 0 Å². The summed E-state index contributed by atoms with van der Waals surface area (Å²) in [4.78, 5) is 0. The van der Waals surface area contributed by atoms with E-state index in [-0.39, 0.29) is 11.7 Å². The third-order valence-corrected chi connectivity index (χ3v) is 3.99. The van der Waals surface area contributed by atoms with Gasteiger partial charge in [0.2, 0.25) is 0 Å². The number of aromatic hydroxyl groups is 1. The Kier molecular flexibility index (Phi) is 3.53. The van der Waals surface area contributed by atoms with Crippen LogP contribution in [0.5, 0.6) is 11.5 Å². The van der Waals surface area contributed by atoms with Gasteiger partial charge in [-0.3, -0.25) is 0 Å². The highest BCUT2D eigenvalue weighted by molar-refractivity contribution is 5.86. The number of phenolic OH excluding ortho intramolecular Hbond substituents is 1. The molecule has 2 nitrogen and oxygen atoms in total. The van der Waals surface area contributed by atoms with Crippen LogP contribution in [-0.4, -0.2) is 12.2 Å². The third-order valence-electron chi connectivity index (χ3n) is 3.99. The number of benzene rings is 3. The lowest BCUT2D eigenvalue weighted by Gasteiger charge is -2.17. The molecule has 0 unspecified atom stereocenters. The van der Waals surface area contributed by atoms with E-state index in [1.165, 1.54) is 16.3 Å². The molecular formula is C19H18O2. The van der Waals surface area contributed by atoms with Crippen molar-refractivity contribution in [1.82, 2.24) is 0 Å². The Hall–Kier alpha value is -2.48. The van der Waals surface area contributed by atoms with Crippen molar-refractivity contribution in [2.45, 2.75) is 12.8 Å². The Bertz CT molecular complexity index is 772. The van der Waals surface area contributed by atoms with E-state index in [2.05, 4.69) is 37.3 Å². The van der Waals surface area contributed by atoms with Crippen LogP contribution in [0.3, 0.4) is 0 Å². The molecule has 21 heavy (non-hydrogen) atoms. The van der Waals surface area contributed by atoms with Crippen LogP contribution in [0.4, 0.5) is 0 Å². The molecule has 0 aromatic heterocycles. The maximum atomic E-state index is 10.2. The molecule has 0 saturated heterocycles. The number of methoxy groups -OCH3 is 1. The number of phenols is 1. The highest BCUT2D eigenvalue weighted by Crippen LogP contribution is 2.36. The first-order valence-corrected chi connectivity index (χ1v) is 7.05. The molecule has 106 valence electrons. The standard InChI is InChI=1S/C19H18O2/c1-13(17-11-10-15(21-2)12-19(17)20)16-9-5-7-14-6-3-4-8-18(14)16/h3-13,20H,1-2H3/t13-/m1/s1. The van der Waals surface area contributed by atoms with E-state index in [0.29, 0.717) is 5.75 Å². The summed E-state index contributed by atoms with van der Waals surface area (Å²) in [5.41, 5.74) is 2.13. The van der Waals surface area contributed by atoms with Gasteiger partial charge in [-0.15, -0.1) is 0 Å². The second kappa shape index (κ2) is 5.49. The number of hydrogen-bond acceptors (Lipinski definition) is 2. The molecule has 1 atom stereocenters. The fraction of sp³-hybridized carbons (Fsp3) is 0.158. The Balaban J connectivity index is 2.10. The lowest BCUT2D eigenvalue weighted by atomic mass is 9.89. The van der Waals surface area contributed by atoms with E-state index in [1.54, 1.807) is 13.2 Å². The van der Waals surface area contributed by atoms with Crippen LogP contribution in [0.25, 0.3) is 10.8 Å². The van der Waals surface area contributed by atoms with Crippen molar-refractivity contribution in [2.75, 3.05) is 7.11 Å². The van der Waals surface area contributed by atoms with Gasteiger partial charge >= 0.3 is 0 Å². The van der Waals surface area contributed by atoms with Crippen molar-refractivity contribution in [1.29, 1.82) is 0 Å². The Labute approximate surface area is 124 Å². The predicted octanol–water partition coefficient (Wildman–Crippen LogP) is 4.71. The minimum absolute atomic E-state index is 0.113. The molecule has 0 saturated carbocycles. The monoisotopic (exact) mass is 278 g/mol. The summed E-state index contributed by atoms with van der Waals surface area (Å²) in [5.74, 6) is 1.05. The van der Waals surface area contributed by atoms with E-state index < -0.39 is 0 Å². The van der Waals surface area contributed by atoms with Crippen LogP contribution in [0.1, 0.15) is 24.0 Å². The van der Waals surface area contributed by atoms with Crippen molar-refractivity contribution in [3.63, 3.8) is 0 Å². The number of rotatable bonds is 3. The maximum Gasteiger partial charge on any atom is 0.123 e. The van der Waals surface area contributed by atoms with Gasteiger partial charge in [-0.2, -0.15) is 0 Å². The summed E-state index contributed by atoms with van der Waals surface area (Å²) < 4.78 is 5.15. The summed E-state index contributed by atoms with van der Waals surface area (Å²) >= 11 is 0. The smallest absolute Gasteiger partial charge is 0.123 e. The molecule has 0 bridgehead atoms. The normalized spacial score (nSPS) is 12.3. The van der Waals surface area contributed by atoms with Gasteiger partial charge in [-0.1, -0.05) is 55.5 Å². The topological polar surface area (TPSA) is 29.5 Å². The van der Waals surface area contributed by atoms with Crippen molar-refractivity contribution in [3.8, 4) is 11.5 Å². The maximum absolute atomic E-state index is 10.2. The largest absolute Gasteiger partial charge is 0.508 e. The first kappa shape index (κ1) is 13.5. The lowest BCUT2D eigenvalue weighted by Crippen LogP contribution is -1.98. The van der Waals surface area contributed by atoms with Gasteiger partial charge in [0.15, 0.2) is 0 Å². The molecule has 0 aliphatic rings. The molecule has 0 aliphatic carbocycles. The van der Waals surface area contributed by atoms with Gasteiger partial charge in [0.1, 0.15) is 11.5 Å². The van der Waals surface area contributed by atoms with E-state index in [9.17, 15) is 5.11 Å². The summed E-state index contributed by atoms with van der Waals surface area (Å²) in [6, 6.07) is 20.1. The second-order valence-electron chi connectivity index (χ2n) is 5.21. The molecule has 3 aromatic carbocycles. The molecule has 2 heteroatoms. The van der Waals surface area contributed by atoms with E-state index >= 15 is 0 Å². The van der Waals surface area contributed by atoms with Crippen LogP contribution in [0.2, 0.25) is 0 Å². The van der Waals surface area contributed by atoms with Crippen LogP contribution in [0, 0.1) is 0 Å². The molecule has 0 radical (unpaired) electrons. The molecule has 0 amide bonds. The predicted molar refractivity (Wildman–Crippen MR) is 86.1 cm³/mol. The zero-order valence-electron chi connectivity index (χ0n) is 12.2. The van der Waals surface area contributed by atoms with Crippen molar-refractivity contribution < 1.29 is 9.84 Å². The van der Waals surface area contributed by atoms with Crippen molar-refractivity contribution >= 4 is 10.8 Å². The van der Waals surface area contributed by atoms with E-state index in [0.717, 1.165) is 5.56 Å².